The number of likely N-dealkylation sites (tertiary alicyclic amines) is 5. The van der Waals surface area contributed by atoms with Crippen molar-refractivity contribution in [3.8, 4) is 0 Å². The van der Waals surface area contributed by atoms with Crippen molar-refractivity contribution in [3.63, 3.8) is 0 Å². The van der Waals surface area contributed by atoms with Gasteiger partial charge in [0, 0.05) is 112 Å². The van der Waals surface area contributed by atoms with Gasteiger partial charge in [0.15, 0.2) is 0 Å². The van der Waals surface area contributed by atoms with Crippen molar-refractivity contribution in [3.05, 3.63) is 189 Å². The number of rotatable bonds is 19. The maximum atomic E-state index is 13.5. The van der Waals surface area contributed by atoms with E-state index in [1.54, 1.807) is 21.9 Å². The Morgan fingerprint density at radius 1 is 0.391 bits per heavy atom. The third-order valence-electron chi connectivity index (χ3n) is 41.0. The van der Waals surface area contributed by atoms with Crippen LogP contribution in [0.4, 0.5) is 4.39 Å². The lowest BCUT2D eigenvalue weighted by molar-refractivity contribution is -0.198. The van der Waals surface area contributed by atoms with E-state index in [0.29, 0.717) is 180 Å². The molecule has 20 saturated carbocycles. The standard InChI is InChI=1S/C24H30N2O.C23H30ClNO2.C23H31NO2.C22H28ClNO3.C21H24FNO3/c1-16-18-8-20-10-19(16)11-21(9-18)24(20,12-17-6-4-3-5-7-17)13-23(27)26-14-22(15-26)25-2;1-22-8-15-6-17(10-22)23(18(7-15)11-22,9-16-4-2-3-5-20(16)24)12-21(27)25-13-19(26)14-25;1-15-17-7-19-9-18(15)10-20(8-17)23(19,11-16-5-3-2-4-6-16)12-22(26)24-13-21(25)14-24;23-19-4-2-1-3-15(19)8-22(11-20(26)24-12-18(25)13-24)16-5-14-6-17(22)10-21(27,7-14)9-16;22-16-3-1-14(2-4-16)21(9-19(25)23-10-17(24)11-23)15-6-12-5-13(8-15)20(26)18(21)7-12/h3-7,16,18-22H,8-15H2,1H3;2-5,15,17-19,26H,6-14H2,1H3;2-6,15,17-21,25H,7-14H2,1H3;1-4,14,16-18,25,27H,5-13H2;1-4,12-13,15,17-18,24H,5-11H2. The second kappa shape index (κ2) is 36.0. The second-order valence-electron chi connectivity index (χ2n) is 48.4. The Kier molecular flexibility index (Phi) is 25.0. The number of benzene rings is 5. The van der Waals surface area contributed by atoms with Crippen LogP contribution in [0.15, 0.2) is 133 Å². The Balaban J connectivity index is 0.000000100. The SMILES string of the molecule is CC12CC3CC(C1)C(CC(=O)N1CC(O)C1)(Cc1ccccc1Cl)C(C3)C2.CC1C2CC3CC1CC(C2)C3(CC(=O)N1CC(O)C1)Cc1ccccc1.O=C(CC1(Cc2ccccc2Cl)C2CC3CC1CC(O)(C3)C2)N1CC(O)C1.O=C1C2CC3CC(C2)C(CC(=O)N2CC(O)C2)(c2ccc(F)cc2)C1C3.[C-]#[N+]C1CN(C(=O)CC2(Cc3ccccc3)C3CC4CC2CC(C3)C4C)C1. The van der Waals surface area contributed by atoms with Crippen LogP contribution in [0.2, 0.25) is 10.0 Å². The lowest BCUT2D eigenvalue weighted by Crippen LogP contribution is -2.62. The van der Waals surface area contributed by atoms with E-state index < -0.39 is 17.1 Å². The van der Waals surface area contributed by atoms with Crippen molar-refractivity contribution in [1.29, 1.82) is 0 Å². The summed E-state index contributed by atoms with van der Waals surface area (Å²) in [5, 5.41) is 51.0. The number of hydrogen-bond donors (Lipinski definition) is 5. The first kappa shape index (κ1) is 92.3. The molecule has 9 unspecified atom stereocenters. The molecule has 5 N–H and O–H groups in total. The number of halogens is 3. The fourth-order valence-corrected chi connectivity index (χ4v) is 35.0. The fraction of sp³-hybridized carbons (Fsp3) is 0.673. The molecule has 133 heavy (non-hydrogen) atoms. The molecular formula is C113H143Cl2FN6O11. The van der Waals surface area contributed by atoms with Gasteiger partial charge in [0.1, 0.15) is 11.6 Å². The number of aliphatic hydroxyl groups is 5. The van der Waals surface area contributed by atoms with Gasteiger partial charge >= 0.3 is 0 Å². The molecule has 20 heteroatoms. The number of amides is 5. The van der Waals surface area contributed by atoms with Crippen LogP contribution in [0.25, 0.3) is 4.85 Å². The first-order valence-corrected chi connectivity index (χ1v) is 52.6. The summed E-state index contributed by atoms with van der Waals surface area (Å²) in [7, 11) is 0. The Morgan fingerprint density at radius 2 is 0.737 bits per heavy atom. The first-order valence-electron chi connectivity index (χ1n) is 51.9. The van der Waals surface area contributed by atoms with Gasteiger partial charge in [0.05, 0.1) is 43.1 Å². The number of aliphatic hydroxyl groups excluding tert-OH is 4. The minimum absolute atomic E-state index is 0.0138. The number of nitrogens with zero attached hydrogens (tertiary/aromatic N) is 6. The number of Topliss-reactive ketones (excluding diaryl/α,β-unsaturated/α-hetero) is 1. The number of hydrogen-bond acceptors (Lipinski definition) is 11. The van der Waals surface area contributed by atoms with E-state index in [0.717, 1.165) is 146 Å². The van der Waals surface area contributed by atoms with E-state index in [1.165, 1.54) is 112 Å². The van der Waals surface area contributed by atoms with E-state index >= 15 is 0 Å². The summed E-state index contributed by atoms with van der Waals surface area (Å²) in [6.45, 7) is 19.7. The van der Waals surface area contributed by atoms with Crippen LogP contribution in [0.1, 0.15) is 222 Å². The number of ketones is 1. The summed E-state index contributed by atoms with van der Waals surface area (Å²) in [5.41, 5.74) is 5.73. The van der Waals surface area contributed by atoms with Crippen LogP contribution in [0.3, 0.4) is 0 Å². The van der Waals surface area contributed by atoms with E-state index in [1.807, 2.05) is 45.0 Å². The molecule has 25 fully saturated rings. The van der Waals surface area contributed by atoms with Crippen molar-refractivity contribution < 1.29 is 58.7 Å². The third kappa shape index (κ3) is 17.1. The molecule has 5 amide bonds. The molecule has 5 aliphatic heterocycles. The van der Waals surface area contributed by atoms with E-state index in [4.69, 9.17) is 29.8 Å². The molecule has 17 nitrogen and oxygen atoms in total. The quantitative estimate of drug-likeness (QED) is 0.0489. The van der Waals surface area contributed by atoms with Gasteiger partial charge in [-0.05, 0) is 353 Å². The van der Waals surface area contributed by atoms with Gasteiger partial charge in [-0.25, -0.2) is 11.0 Å². The van der Waals surface area contributed by atoms with Crippen molar-refractivity contribution in [2.75, 3.05) is 65.4 Å². The zero-order valence-electron chi connectivity index (χ0n) is 78.6. The van der Waals surface area contributed by atoms with Crippen molar-refractivity contribution in [1.82, 2.24) is 24.5 Å². The molecule has 9 atom stereocenters. The Morgan fingerprint density at radius 3 is 1.11 bits per heavy atom. The van der Waals surface area contributed by atoms with E-state index in [9.17, 15) is 58.7 Å². The molecular weight excluding hydrogens is 1710 g/mol. The summed E-state index contributed by atoms with van der Waals surface area (Å²) >= 11 is 13.1. The van der Waals surface area contributed by atoms with Crippen molar-refractivity contribution >= 4 is 58.5 Å². The number of carbonyl (C=O) groups excluding carboxylic acids is 6. The van der Waals surface area contributed by atoms with Gasteiger partial charge in [0.25, 0.3) is 6.04 Å². The molecule has 5 heterocycles. The second-order valence-corrected chi connectivity index (χ2v) is 49.2. The average molecular weight is 1850 g/mol. The van der Waals surface area contributed by atoms with Gasteiger partial charge in [-0.3, -0.25) is 28.8 Å². The predicted octanol–water partition coefficient (Wildman–Crippen LogP) is 17.6. The molecule has 25 aliphatic rings. The largest absolute Gasteiger partial charge is 0.390 e. The molecule has 5 aromatic carbocycles. The first-order chi connectivity index (χ1) is 63.8. The number of β-amino-alcohol motifs (C(OH)–C–C–N with tert-alkyl or cyclic N) is 4. The number of carbonyl (C=O) groups is 6. The fourth-order valence-electron chi connectivity index (χ4n) is 34.6. The highest BCUT2D eigenvalue weighted by Crippen LogP contribution is 2.73. The van der Waals surface area contributed by atoms with Crippen LogP contribution in [-0.2, 0) is 59.9 Å². The smallest absolute Gasteiger partial charge is 0.258 e. The Labute approximate surface area is 797 Å². The van der Waals surface area contributed by atoms with E-state index in [-0.39, 0.29) is 87.3 Å². The summed E-state index contributed by atoms with van der Waals surface area (Å²) in [6, 6.07) is 44.4. The molecule has 20 bridgehead atoms. The zero-order chi connectivity index (χ0) is 92.2. The molecule has 0 radical (unpaired) electrons. The highest BCUT2D eigenvalue weighted by atomic mass is 35.5. The minimum atomic E-state index is -0.517. The van der Waals surface area contributed by atoms with Crippen LogP contribution in [0.5, 0.6) is 0 Å². The molecule has 30 rings (SSSR count). The monoisotopic (exact) mass is 1850 g/mol. The normalized spacial score (nSPS) is 40.0. The molecule has 0 aromatic heterocycles. The maximum absolute atomic E-state index is 13.5. The Hall–Kier alpha value is -7.08. The molecule has 0 spiro atoms. The third-order valence-corrected chi connectivity index (χ3v) is 41.7. The highest BCUT2D eigenvalue weighted by Gasteiger charge is 2.68. The van der Waals surface area contributed by atoms with Gasteiger partial charge < -0.3 is 54.9 Å². The van der Waals surface area contributed by atoms with Gasteiger partial charge in [-0.1, -0.05) is 153 Å². The van der Waals surface area contributed by atoms with Gasteiger partial charge in [-0.2, -0.15) is 0 Å². The zero-order valence-corrected chi connectivity index (χ0v) is 80.1. The topological polar surface area (TPSA) is 224 Å². The molecule has 5 saturated heterocycles. The van der Waals surface area contributed by atoms with Crippen LogP contribution < -0.4 is 0 Å². The molecule has 5 aromatic rings. The maximum Gasteiger partial charge on any atom is 0.258 e. The molecule has 20 aliphatic carbocycles. The molecule has 712 valence electrons. The summed E-state index contributed by atoms with van der Waals surface area (Å²) in [5.74, 6) is 13.6. The lowest BCUT2D eigenvalue weighted by atomic mass is 9.40. The highest BCUT2D eigenvalue weighted by molar-refractivity contribution is 6.31. The lowest BCUT2D eigenvalue weighted by Gasteiger charge is -2.65. The van der Waals surface area contributed by atoms with Crippen LogP contribution in [-0.4, -0.2) is 187 Å². The van der Waals surface area contributed by atoms with Gasteiger partial charge in [0.2, 0.25) is 29.5 Å². The average Bonchev–Trinajstić information content (AvgIpc) is 0.717. The van der Waals surface area contributed by atoms with Crippen molar-refractivity contribution in [2.45, 2.75) is 261 Å². The summed E-state index contributed by atoms with van der Waals surface area (Å²) in [6.07, 6.45) is 31.0. The minimum Gasteiger partial charge on any atom is -0.390 e. The van der Waals surface area contributed by atoms with Gasteiger partial charge in [-0.15, -0.1) is 0 Å². The summed E-state index contributed by atoms with van der Waals surface area (Å²) in [4.78, 5) is 91.1. The summed E-state index contributed by atoms with van der Waals surface area (Å²) < 4.78 is 13.5. The van der Waals surface area contributed by atoms with E-state index in [2.05, 4.69) is 104 Å². The predicted molar refractivity (Wildman–Crippen MR) is 510 cm³/mol. The Bertz CT molecular complexity index is 4970. The van der Waals surface area contributed by atoms with Crippen molar-refractivity contribution in [2.24, 2.45) is 145 Å². The van der Waals surface area contributed by atoms with Crippen LogP contribution >= 0.6 is 23.2 Å². The van der Waals surface area contributed by atoms with Crippen LogP contribution in [0, 0.1) is 158 Å².